The van der Waals surface area contributed by atoms with Gasteiger partial charge in [-0.1, -0.05) is 13.8 Å². The zero-order valence-corrected chi connectivity index (χ0v) is 12.1. The van der Waals surface area contributed by atoms with Gasteiger partial charge in [-0.25, -0.2) is 4.99 Å². The van der Waals surface area contributed by atoms with Crippen LogP contribution in [0, 0.1) is 5.41 Å². The van der Waals surface area contributed by atoms with Gasteiger partial charge in [-0.2, -0.15) is 0 Å². The van der Waals surface area contributed by atoms with Gasteiger partial charge >= 0.3 is 0 Å². The smallest absolute Gasteiger partial charge is 0.189 e. The molecule has 4 nitrogen and oxygen atoms in total. The molecule has 0 aromatic heterocycles. The molecule has 0 aromatic carbocycles. The van der Waals surface area contributed by atoms with E-state index in [1.807, 2.05) is 0 Å². The first kappa shape index (κ1) is 13.7. The Morgan fingerprint density at radius 1 is 1.39 bits per heavy atom. The SMILES string of the molecule is CC(C)OC1CC(N=C(N)NC2CCC2)C1(C)C. The van der Waals surface area contributed by atoms with E-state index in [4.69, 9.17) is 10.5 Å². The summed E-state index contributed by atoms with van der Waals surface area (Å²) in [6.45, 7) is 8.60. The van der Waals surface area contributed by atoms with Gasteiger partial charge < -0.3 is 15.8 Å². The van der Waals surface area contributed by atoms with Crippen molar-refractivity contribution in [2.75, 3.05) is 0 Å². The van der Waals surface area contributed by atoms with Crippen LogP contribution in [0.4, 0.5) is 0 Å². The predicted octanol–water partition coefficient (Wildman–Crippen LogP) is 2.04. The third-order valence-electron chi connectivity index (χ3n) is 4.31. The van der Waals surface area contributed by atoms with E-state index < -0.39 is 0 Å². The van der Waals surface area contributed by atoms with Crippen molar-refractivity contribution >= 4 is 5.96 Å². The van der Waals surface area contributed by atoms with E-state index in [1.54, 1.807) is 0 Å². The second-order valence-electron chi connectivity index (χ2n) is 6.53. The van der Waals surface area contributed by atoms with Crippen molar-refractivity contribution in [3.8, 4) is 0 Å². The summed E-state index contributed by atoms with van der Waals surface area (Å²) >= 11 is 0. The molecule has 0 aliphatic heterocycles. The molecule has 2 fully saturated rings. The third kappa shape index (κ3) is 2.79. The van der Waals surface area contributed by atoms with Crippen LogP contribution in [0.15, 0.2) is 4.99 Å². The molecule has 2 rings (SSSR count). The fraction of sp³-hybridized carbons (Fsp3) is 0.929. The molecular formula is C14H27N3O. The van der Waals surface area contributed by atoms with Crippen LogP contribution < -0.4 is 11.1 Å². The van der Waals surface area contributed by atoms with E-state index >= 15 is 0 Å². The molecule has 0 amide bonds. The van der Waals surface area contributed by atoms with Crippen molar-refractivity contribution < 1.29 is 4.74 Å². The van der Waals surface area contributed by atoms with E-state index in [1.165, 1.54) is 19.3 Å². The molecule has 0 heterocycles. The number of hydrogen-bond acceptors (Lipinski definition) is 2. The molecule has 0 radical (unpaired) electrons. The number of guanidine groups is 1. The van der Waals surface area contributed by atoms with Crippen LogP contribution in [0.2, 0.25) is 0 Å². The van der Waals surface area contributed by atoms with Crippen molar-refractivity contribution in [2.24, 2.45) is 16.1 Å². The highest BCUT2D eigenvalue weighted by molar-refractivity contribution is 5.78. The van der Waals surface area contributed by atoms with Gasteiger partial charge in [0.1, 0.15) is 0 Å². The summed E-state index contributed by atoms with van der Waals surface area (Å²) in [6, 6.07) is 0.841. The summed E-state index contributed by atoms with van der Waals surface area (Å²) in [4.78, 5) is 4.62. The highest BCUT2D eigenvalue weighted by Crippen LogP contribution is 2.45. The van der Waals surface area contributed by atoms with Crippen LogP contribution >= 0.6 is 0 Å². The first-order valence-electron chi connectivity index (χ1n) is 7.15. The molecule has 0 bridgehead atoms. The van der Waals surface area contributed by atoms with Crippen molar-refractivity contribution in [2.45, 2.75) is 77.7 Å². The molecular weight excluding hydrogens is 226 g/mol. The van der Waals surface area contributed by atoms with Gasteiger partial charge in [0.15, 0.2) is 5.96 Å². The molecule has 2 saturated carbocycles. The second-order valence-corrected chi connectivity index (χ2v) is 6.53. The van der Waals surface area contributed by atoms with Gasteiger partial charge in [0, 0.05) is 11.5 Å². The van der Waals surface area contributed by atoms with Gasteiger partial charge in [0.05, 0.1) is 18.2 Å². The predicted molar refractivity (Wildman–Crippen MR) is 74.6 cm³/mol. The quantitative estimate of drug-likeness (QED) is 0.595. The molecule has 2 aliphatic carbocycles. The second kappa shape index (κ2) is 5.08. The Morgan fingerprint density at radius 2 is 2.06 bits per heavy atom. The molecule has 3 N–H and O–H groups in total. The lowest BCUT2D eigenvalue weighted by atomic mass is 9.64. The molecule has 2 atom stereocenters. The van der Waals surface area contributed by atoms with Crippen LogP contribution in [0.3, 0.4) is 0 Å². The normalized spacial score (nSPS) is 31.9. The van der Waals surface area contributed by atoms with Crippen molar-refractivity contribution in [1.82, 2.24) is 5.32 Å². The number of aliphatic imine (C=N–C) groups is 1. The lowest BCUT2D eigenvalue weighted by Crippen LogP contribution is -2.56. The standard InChI is InChI=1S/C14H27N3O/c1-9(2)18-12-8-11(14(12,3)4)17-13(15)16-10-6-5-7-10/h9-12H,5-8H2,1-4H3,(H3,15,16,17). The summed E-state index contributed by atoms with van der Waals surface area (Å²) in [6.07, 6.45) is 5.34. The molecule has 0 saturated heterocycles. The Hall–Kier alpha value is -0.770. The number of rotatable bonds is 4. The van der Waals surface area contributed by atoms with E-state index in [0.717, 1.165) is 6.42 Å². The van der Waals surface area contributed by atoms with Gasteiger partial charge in [0.2, 0.25) is 0 Å². The Kier molecular flexibility index (Phi) is 3.85. The lowest BCUT2D eigenvalue weighted by molar-refractivity contribution is -0.129. The van der Waals surface area contributed by atoms with E-state index in [9.17, 15) is 0 Å². The van der Waals surface area contributed by atoms with Crippen LogP contribution in [-0.2, 0) is 4.74 Å². The van der Waals surface area contributed by atoms with Crippen LogP contribution in [0.1, 0.15) is 53.4 Å². The van der Waals surface area contributed by atoms with Gasteiger partial charge in [-0.05, 0) is 39.5 Å². The van der Waals surface area contributed by atoms with Crippen LogP contribution in [0.5, 0.6) is 0 Å². The fourth-order valence-corrected chi connectivity index (χ4v) is 2.61. The van der Waals surface area contributed by atoms with Gasteiger partial charge in [0.25, 0.3) is 0 Å². The van der Waals surface area contributed by atoms with Gasteiger partial charge in [-0.3, -0.25) is 0 Å². The maximum atomic E-state index is 5.96. The molecule has 4 heteroatoms. The zero-order valence-electron chi connectivity index (χ0n) is 12.1. The minimum absolute atomic E-state index is 0.0934. The van der Waals surface area contributed by atoms with E-state index in [-0.39, 0.29) is 17.6 Å². The zero-order chi connectivity index (χ0) is 13.3. The Labute approximate surface area is 110 Å². The maximum absolute atomic E-state index is 5.96. The van der Waals surface area contributed by atoms with Crippen molar-refractivity contribution in [3.05, 3.63) is 0 Å². The molecule has 18 heavy (non-hydrogen) atoms. The summed E-state index contributed by atoms with van der Waals surface area (Å²) in [5.41, 5.74) is 6.05. The first-order chi connectivity index (χ1) is 8.39. The van der Waals surface area contributed by atoms with Gasteiger partial charge in [-0.15, -0.1) is 0 Å². The summed E-state index contributed by atoms with van der Waals surface area (Å²) in [5.74, 6) is 0.612. The maximum Gasteiger partial charge on any atom is 0.189 e. The number of ether oxygens (including phenoxy) is 1. The first-order valence-corrected chi connectivity index (χ1v) is 7.15. The minimum atomic E-state index is 0.0934. The number of nitrogens with two attached hydrogens (primary N) is 1. The summed E-state index contributed by atoms with van der Waals surface area (Å²) < 4.78 is 5.90. The van der Waals surface area contributed by atoms with Crippen molar-refractivity contribution in [1.29, 1.82) is 0 Å². The summed E-state index contributed by atoms with van der Waals surface area (Å²) in [5, 5.41) is 3.30. The number of nitrogens with one attached hydrogen (secondary N) is 1. The topological polar surface area (TPSA) is 59.6 Å². The van der Waals surface area contributed by atoms with Crippen molar-refractivity contribution in [3.63, 3.8) is 0 Å². The fourth-order valence-electron chi connectivity index (χ4n) is 2.61. The summed E-state index contributed by atoms with van der Waals surface area (Å²) in [7, 11) is 0. The Bertz CT molecular complexity index is 321. The molecule has 0 spiro atoms. The van der Waals surface area contributed by atoms with Crippen LogP contribution in [-0.4, -0.2) is 30.3 Å². The molecule has 0 aromatic rings. The minimum Gasteiger partial charge on any atom is -0.375 e. The Balaban J connectivity index is 1.85. The lowest BCUT2D eigenvalue weighted by Gasteiger charge is -2.50. The van der Waals surface area contributed by atoms with E-state index in [0.29, 0.717) is 18.1 Å². The number of hydrogen-bond donors (Lipinski definition) is 2. The average molecular weight is 253 g/mol. The highest BCUT2D eigenvalue weighted by Gasteiger charge is 2.49. The Morgan fingerprint density at radius 3 is 2.50 bits per heavy atom. The molecule has 2 unspecified atom stereocenters. The third-order valence-corrected chi connectivity index (χ3v) is 4.31. The largest absolute Gasteiger partial charge is 0.375 e. The monoisotopic (exact) mass is 253 g/mol. The van der Waals surface area contributed by atoms with E-state index in [2.05, 4.69) is 38.0 Å². The molecule has 104 valence electrons. The molecule has 2 aliphatic rings. The average Bonchev–Trinajstić information content (AvgIpc) is 2.21. The van der Waals surface area contributed by atoms with Crippen LogP contribution in [0.25, 0.3) is 0 Å². The number of nitrogens with zero attached hydrogens (tertiary/aromatic N) is 1. The highest BCUT2D eigenvalue weighted by atomic mass is 16.5.